The molecule has 72 valence electrons. The average molecular weight is 190 g/mol. The number of anilines is 1. The summed E-state index contributed by atoms with van der Waals surface area (Å²) in [4.78, 5) is 3.96. The van der Waals surface area contributed by atoms with Gasteiger partial charge >= 0.3 is 0 Å². The second-order valence-corrected chi connectivity index (χ2v) is 3.01. The number of aromatic nitrogens is 1. The molecule has 4 nitrogen and oxygen atoms in total. The Morgan fingerprint density at radius 1 is 1.29 bits per heavy atom. The quantitative estimate of drug-likeness (QED) is 0.720. The van der Waals surface area contributed by atoms with Gasteiger partial charge in [0, 0.05) is 5.56 Å². The SMILES string of the molecule is Cc1nc(N)oc1-c1ccc(O)cc1. The second kappa shape index (κ2) is 3.06. The number of aromatic hydroxyl groups is 1. The van der Waals surface area contributed by atoms with Gasteiger partial charge in [0.1, 0.15) is 5.75 Å². The molecule has 0 aliphatic heterocycles. The van der Waals surface area contributed by atoms with Crippen molar-refractivity contribution in [3.63, 3.8) is 0 Å². The van der Waals surface area contributed by atoms with Gasteiger partial charge < -0.3 is 15.3 Å². The van der Waals surface area contributed by atoms with Crippen molar-refractivity contribution < 1.29 is 9.52 Å². The predicted octanol–water partition coefficient (Wildman–Crippen LogP) is 1.94. The molecule has 0 bridgehead atoms. The number of hydrogen-bond acceptors (Lipinski definition) is 4. The number of nitrogens with zero attached hydrogens (tertiary/aromatic N) is 1. The first-order chi connectivity index (χ1) is 6.66. The molecule has 0 fully saturated rings. The number of oxazole rings is 1. The van der Waals surface area contributed by atoms with Crippen molar-refractivity contribution in [3.05, 3.63) is 30.0 Å². The van der Waals surface area contributed by atoms with E-state index in [9.17, 15) is 0 Å². The molecule has 2 aromatic rings. The fraction of sp³-hybridized carbons (Fsp3) is 0.100. The molecule has 2 rings (SSSR count). The zero-order valence-electron chi connectivity index (χ0n) is 7.69. The normalized spacial score (nSPS) is 10.4. The molecule has 0 atom stereocenters. The van der Waals surface area contributed by atoms with E-state index in [2.05, 4.69) is 4.98 Å². The van der Waals surface area contributed by atoms with Crippen LogP contribution in [-0.4, -0.2) is 10.1 Å². The molecule has 0 aliphatic rings. The van der Waals surface area contributed by atoms with Gasteiger partial charge in [-0.1, -0.05) is 0 Å². The van der Waals surface area contributed by atoms with Gasteiger partial charge in [-0.25, -0.2) is 0 Å². The molecule has 1 aromatic carbocycles. The Morgan fingerprint density at radius 3 is 2.43 bits per heavy atom. The Bertz CT molecular complexity index is 446. The second-order valence-electron chi connectivity index (χ2n) is 3.01. The van der Waals surface area contributed by atoms with Crippen LogP contribution in [0, 0.1) is 6.92 Å². The predicted molar refractivity (Wildman–Crippen MR) is 52.8 cm³/mol. The van der Waals surface area contributed by atoms with Crippen LogP contribution in [0.25, 0.3) is 11.3 Å². The standard InChI is InChI=1S/C10H10N2O2/c1-6-9(14-10(11)12-6)7-2-4-8(13)5-3-7/h2-5,13H,1H3,(H2,11,12). The zero-order chi connectivity index (χ0) is 10.1. The van der Waals surface area contributed by atoms with E-state index in [1.54, 1.807) is 24.3 Å². The minimum atomic E-state index is 0.158. The van der Waals surface area contributed by atoms with Gasteiger partial charge in [0.25, 0.3) is 6.01 Å². The van der Waals surface area contributed by atoms with Gasteiger partial charge in [-0.15, -0.1) is 0 Å². The van der Waals surface area contributed by atoms with Crippen molar-refractivity contribution in [2.75, 3.05) is 5.73 Å². The van der Waals surface area contributed by atoms with Crippen molar-refractivity contribution in [2.45, 2.75) is 6.92 Å². The summed E-state index contributed by atoms with van der Waals surface area (Å²) in [6, 6.07) is 6.84. The fourth-order valence-electron chi connectivity index (χ4n) is 1.30. The lowest BCUT2D eigenvalue weighted by molar-refractivity contribution is 0.475. The maximum Gasteiger partial charge on any atom is 0.292 e. The molecule has 4 heteroatoms. The molecule has 0 spiro atoms. The number of nitrogens with two attached hydrogens (primary N) is 1. The van der Waals surface area contributed by atoms with Gasteiger partial charge in [0.15, 0.2) is 5.76 Å². The Balaban J connectivity index is 2.49. The maximum absolute atomic E-state index is 9.11. The molecular formula is C10H10N2O2. The first kappa shape index (κ1) is 8.62. The topological polar surface area (TPSA) is 72.3 Å². The highest BCUT2D eigenvalue weighted by atomic mass is 16.4. The van der Waals surface area contributed by atoms with Gasteiger partial charge in [-0.3, -0.25) is 0 Å². The van der Waals surface area contributed by atoms with Crippen molar-refractivity contribution in [2.24, 2.45) is 0 Å². The van der Waals surface area contributed by atoms with Gasteiger partial charge in [0.2, 0.25) is 0 Å². The van der Waals surface area contributed by atoms with E-state index in [1.807, 2.05) is 6.92 Å². The monoisotopic (exact) mass is 190 g/mol. The molecular weight excluding hydrogens is 180 g/mol. The van der Waals surface area contributed by atoms with Crippen LogP contribution >= 0.6 is 0 Å². The van der Waals surface area contributed by atoms with Gasteiger partial charge in [-0.05, 0) is 31.2 Å². The lowest BCUT2D eigenvalue weighted by Crippen LogP contribution is -1.81. The average Bonchev–Trinajstić information content (AvgIpc) is 2.47. The highest BCUT2D eigenvalue weighted by Gasteiger charge is 2.09. The van der Waals surface area contributed by atoms with Crippen molar-refractivity contribution in [1.82, 2.24) is 4.98 Å². The third-order valence-electron chi connectivity index (χ3n) is 1.94. The molecule has 0 amide bonds. The minimum Gasteiger partial charge on any atom is -0.508 e. The summed E-state index contributed by atoms with van der Waals surface area (Å²) < 4.78 is 5.23. The molecule has 1 heterocycles. The summed E-state index contributed by atoms with van der Waals surface area (Å²) in [5.74, 6) is 0.862. The third-order valence-corrected chi connectivity index (χ3v) is 1.94. The van der Waals surface area contributed by atoms with Crippen molar-refractivity contribution in [1.29, 1.82) is 0 Å². The molecule has 0 saturated carbocycles. The summed E-state index contributed by atoms with van der Waals surface area (Å²) in [6.07, 6.45) is 0. The van der Waals surface area contributed by atoms with Gasteiger partial charge in [0.05, 0.1) is 5.69 Å². The zero-order valence-corrected chi connectivity index (χ0v) is 7.69. The summed E-state index contributed by atoms with van der Waals surface area (Å²) >= 11 is 0. The van der Waals surface area contributed by atoms with Crippen LogP contribution in [0.1, 0.15) is 5.69 Å². The molecule has 14 heavy (non-hydrogen) atoms. The molecule has 1 aromatic heterocycles. The number of rotatable bonds is 1. The van der Waals surface area contributed by atoms with Crippen LogP contribution in [0.15, 0.2) is 28.7 Å². The lowest BCUT2D eigenvalue weighted by Gasteiger charge is -1.97. The summed E-state index contributed by atoms with van der Waals surface area (Å²) in [6.45, 7) is 1.82. The number of nitrogen functional groups attached to an aromatic ring is 1. The van der Waals surface area contributed by atoms with Gasteiger partial charge in [-0.2, -0.15) is 4.98 Å². The van der Waals surface area contributed by atoms with E-state index < -0.39 is 0 Å². The molecule has 0 unspecified atom stereocenters. The van der Waals surface area contributed by atoms with E-state index in [4.69, 9.17) is 15.3 Å². The van der Waals surface area contributed by atoms with E-state index in [0.29, 0.717) is 5.76 Å². The van der Waals surface area contributed by atoms with Crippen LogP contribution < -0.4 is 5.73 Å². The molecule has 3 N–H and O–H groups in total. The van der Waals surface area contributed by atoms with Crippen molar-refractivity contribution >= 4 is 6.01 Å². The van der Waals surface area contributed by atoms with Crippen LogP contribution in [0.3, 0.4) is 0 Å². The fourth-order valence-corrected chi connectivity index (χ4v) is 1.30. The van der Waals surface area contributed by atoms with Crippen LogP contribution in [0.2, 0.25) is 0 Å². The maximum atomic E-state index is 9.11. The van der Waals surface area contributed by atoms with E-state index >= 15 is 0 Å². The Labute approximate surface area is 81.0 Å². The molecule has 0 radical (unpaired) electrons. The van der Waals surface area contributed by atoms with Crippen LogP contribution in [-0.2, 0) is 0 Å². The first-order valence-corrected chi connectivity index (χ1v) is 4.19. The molecule has 0 saturated heterocycles. The minimum absolute atomic E-state index is 0.158. The smallest absolute Gasteiger partial charge is 0.292 e. The number of phenols is 1. The van der Waals surface area contributed by atoms with Crippen molar-refractivity contribution in [3.8, 4) is 17.1 Å². The first-order valence-electron chi connectivity index (χ1n) is 4.19. The summed E-state index contributed by atoms with van der Waals surface area (Å²) in [7, 11) is 0. The Morgan fingerprint density at radius 2 is 1.93 bits per heavy atom. The van der Waals surface area contributed by atoms with E-state index in [0.717, 1.165) is 11.3 Å². The summed E-state index contributed by atoms with van der Waals surface area (Å²) in [5.41, 5.74) is 7.01. The Kier molecular flexibility index (Phi) is 1.89. The summed E-state index contributed by atoms with van der Waals surface area (Å²) in [5, 5.41) is 9.11. The highest BCUT2D eigenvalue weighted by Crippen LogP contribution is 2.26. The number of phenolic OH excluding ortho intramolecular Hbond substituents is 1. The van der Waals surface area contributed by atoms with E-state index in [-0.39, 0.29) is 11.8 Å². The number of benzene rings is 1. The highest BCUT2D eigenvalue weighted by molar-refractivity contribution is 5.61. The Hall–Kier alpha value is -1.97. The molecule has 0 aliphatic carbocycles. The van der Waals surface area contributed by atoms with Crippen LogP contribution in [0.4, 0.5) is 6.01 Å². The van der Waals surface area contributed by atoms with Crippen LogP contribution in [0.5, 0.6) is 5.75 Å². The number of aryl methyl sites for hydroxylation is 1. The number of hydrogen-bond donors (Lipinski definition) is 2. The lowest BCUT2D eigenvalue weighted by atomic mass is 10.1. The third kappa shape index (κ3) is 1.42. The largest absolute Gasteiger partial charge is 0.508 e. The van der Waals surface area contributed by atoms with E-state index in [1.165, 1.54) is 0 Å².